The van der Waals surface area contributed by atoms with Crippen LogP contribution in [0.2, 0.25) is 0 Å². The number of benzene rings is 2. The number of piperidine rings is 1. The van der Waals surface area contributed by atoms with Crippen molar-refractivity contribution in [2.45, 2.75) is 18.9 Å². The summed E-state index contributed by atoms with van der Waals surface area (Å²) >= 11 is 0. The maximum Gasteiger partial charge on any atom is 0.256 e. The minimum Gasteiger partial charge on any atom is -0.457 e. The first kappa shape index (κ1) is 20.3. The molecule has 3 heterocycles. The summed E-state index contributed by atoms with van der Waals surface area (Å²) in [4.78, 5) is 27.7. The Morgan fingerprint density at radius 1 is 1.09 bits per heavy atom. The summed E-state index contributed by atoms with van der Waals surface area (Å²) in [6.45, 7) is 1.92. The Labute approximate surface area is 186 Å². The smallest absolute Gasteiger partial charge is 0.256 e. The normalized spacial score (nSPS) is 19.6. The van der Waals surface area contributed by atoms with Crippen molar-refractivity contribution in [1.29, 1.82) is 0 Å². The quantitative estimate of drug-likeness (QED) is 0.610. The molecule has 6 heteroatoms. The number of likely N-dealkylation sites (tertiary alicyclic amines) is 1. The van der Waals surface area contributed by atoms with E-state index in [0.29, 0.717) is 22.7 Å². The Morgan fingerprint density at radius 3 is 2.72 bits per heavy atom. The number of furan rings is 1. The zero-order chi connectivity index (χ0) is 22.1. The van der Waals surface area contributed by atoms with Crippen LogP contribution < -0.4 is 10.6 Å². The molecule has 1 aromatic heterocycles. The number of amides is 2. The van der Waals surface area contributed by atoms with Gasteiger partial charge >= 0.3 is 0 Å². The standard InChI is InChI=1S/C26H25N3O3/c1-29-14-6-7-17(16-29)27-25(30)21-10-3-2-9-20(21)24-13-12-18(32-24)15-22-19-8-4-5-11-23(19)28-26(22)31/h2-5,8-13,15,17H,6-7,14,16H2,1H3,(H,27,30)(H,28,31). The number of nitrogens with zero attached hydrogens (tertiary/aromatic N) is 1. The summed E-state index contributed by atoms with van der Waals surface area (Å²) in [6.07, 6.45) is 3.81. The Morgan fingerprint density at radius 2 is 1.88 bits per heavy atom. The molecule has 1 atom stereocenters. The highest BCUT2D eigenvalue weighted by atomic mass is 16.3. The zero-order valence-corrected chi connectivity index (χ0v) is 17.9. The van der Waals surface area contributed by atoms with Crippen LogP contribution >= 0.6 is 0 Å². The van der Waals surface area contributed by atoms with Gasteiger partial charge in [0.05, 0.1) is 11.1 Å². The SMILES string of the molecule is CN1CCCC(NC(=O)c2ccccc2-c2ccc(C=C3C(=O)Nc4ccccc43)o2)C1. The summed E-state index contributed by atoms with van der Waals surface area (Å²) in [7, 11) is 2.08. The number of fused-ring (bicyclic) bond motifs is 1. The van der Waals surface area contributed by atoms with E-state index in [9.17, 15) is 9.59 Å². The minimum absolute atomic E-state index is 0.0960. The van der Waals surface area contributed by atoms with Gasteiger partial charge in [0.2, 0.25) is 0 Å². The van der Waals surface area contributed by atoms with Gasteiger partial charge in [0, 0.05) is 29.4 Å². The van der Waals surface area contributed by atoms with Crippen LogP contribution in [0.5, 0.6) is 0 Å². The molecule has 2 aromatic carbocycles. The number of rotatable bonds is 4. The highest BCUT2D eigenvalue weighted by Crippen LogP contribution is 2.34. The van der Waals surface area contributed by atoms with E-state index >= 15 is 0 Å². The molecule has 1 unspecified atom stereocenters. The molecular formula is C26H25N3O3. The molecule has 1 fully saturated rings. The van der Waals surface area contributed by atoms with Crippen LogP contribution in [0.25, 0.3) is 23.0 Å². The summed E-state index contributed by atoms with van der Waals surface area (Å²) in [5.74, 6) is 0.906. The first-order valence-corrected chi connectivity index (χ1v) is 10.9. The Hall–Kier alpha value is -3.64. The lowest BCUT2D eigenvalue weighted by Crippen LogP contribution is -2.46. The average molecular weight is 428 g/mol. The number of likely N-dealkylation sites (N-methyl/N-ethyl adjacent to an activating group) is 1. The average Bonchev–Trinajstić information content (AvgIpc) is 3.38. The van der Waals surface area contributed by atoms with Gasteiger partial charge in [-0.1, -0.05) is 36.4 Å². The Balaban J connectivity index is 1.40. The third kappa shape index (κ3) is 3.97. The Bertz CT molecular complexity index is 1210. The second-order valence-electron chi connectivity index (χ2n) is 8.38. The molecule has 2 amide bonds. The van der Waals surface area contributed by atoms with Crippen LogP contribution in [0.4, 0.5) is 5.69 Å². The molecule has 2 aliphatic heterocycles. The number of para-hydroxylation sites is 1. The molecule has 162 valence electrons. The van der Waals surface area contributed by atoms with Crippen LogP contribution in [0, 0.1) is 0 Å². The second-order valence-corrected chi connectivity index (χ2v) is 8.38. The monoisotopic (exact) mass is 427 g/mol. The molecule has 6 nitrogen and oxygen atoms in total. The number of carbonyl (C=O) groups excluding carboxylic acids is 2. The largest absolute Gasteiger partial charge is 0.457 e. The summed E-state index contributed by atoms with van der Waals surface area (Å²) in [5.41, 5.74) is 3.53. The van der Waals surface area contributed by atoms with Crippen molar-refractivity contribution < 1.29 is 14.0 Å². The molecule has 0 saturated carbocycles. The van der Waals surface area contributed by atoms with Gasteiger partial charge in [-0.25, -0.2) is 0 Å². The van der Waals surface area contributed by atoms with E-state index in [4.69, 9.17) is 4.42 Å². The van der Waals surface area contributed by atoms with Gasteiger partial charge in [0.25, 0.3) is 11.8 Å². The van der Waals surface area contributed by atoms with Crippen molar-refractivity contribution in [1.82, 2.24) is 10.2 Å². The van der Waals surface area contributed by atoms with Crippen molar-refractivity contribution in [3.05, 3.63) is 77.6 Å². The fourth-order valence-corrected chi connectivity index (χ4v) is 4.44. The van der Waals surface area contributed by atoms with Crippen molar-refractivity contribution >= 4 is 29.2 Å². The fraction of sp³-hybridized carbons (Fsp3) is 0.231. The number of hydrogen-bond donors (Lipinski definition) is 2. The predicted molar refractivity (Wildman–Crippen MR) is 125 cm³/mol. The van der Waals surface area contributed by atoms with Gasteiger partial charge in [-0.2, -0.15) is 0 Å². The van der Waals surface area contributed by atoms with Crippen LogP contribution in [0.1, 0.15) is 34.5 Å². The molecule has 2 N–H and O–H groups in total. The predicted octanol–water partition coefficient (Wildman–Crippen LogP) is 4.26. The van der Waals surface area contributed by atoms with Gasteiger partial charge in [0.15, 0.2) is 0 Å². The van der Waals surface area contributed by atoms with Gasteiger partial charge < -0.3 is 20.0 Å². The van der Waals surface area contributed by atoms with Crippen molar-refractivity contribution in [3.63, 3.8) is 0 Å². The van der Waals surface area contributed by atoms with Crippen LogP contribution in [-0.2, 0) is 4.79 Å². The summed E-state index contributed by atoms with van der Waals surface area (Å²) in [6, 6.07) is 18.8. The number of anilines is 1. The van der Waals surface area contributed by atoms with Gasteiger partial charge in [-0.3, -0.25) is 9.59 Å². The van der Waals surface area contributed by atoms with E-state index in [1.54, 1.807) is 6.08 Å². The molecular weight excluding hydrogens is 402 g/mol. The summed E-state index contributed by atoms with van der Waals surface area (Å²) < 4.78 is 6.05. The van der Waals surface area contributed by atoms with Crippen molar-refractivity contribution in [2.24, 2.45) is 0 Å². The third-order valence-corrected chi connectivity index (χ3v) is 6.02. The van der Waals surface area contributed by atoms with E-state index in [1.807, 2.05) is 60.7 Å². The van der Waals surface area contributed by atoms with Crippen molar-refractivity contribution in [2.75, 3.05) is 25.5 Å². The van der Waals surface area contributed by atoms with Crippen LogP contribution in [0.15, 0.2) is 65.1 Å². The van der Waals surface area contributed by atoms with Gasteiger partial charge in [0.1, 0.15) is 11.5 Å². The maximum atomic E-state index is 13.0. The van der Waals surface area contributed by atoms with E-state index in [-0.39, 0.29) is 17.9 Å². The van der Waals surface area contributed by atoms with Crippen molar-refractivity contribution in [3.8, 4) is 11.3 Å². The summed E-state index contributed by atoms with van der Waals surface area (Å²) in [5, 5.41) is 6.04. The molecule has 3 aromatic rings. The topological polar surface area (TPSA) is 74.6 Å². The molecule has 0 bridgehead atoms. The lowest BCUT2D eigenvalue weighted by molar-refractivity contribution is -0.110. The van der Waals surface area contributed by atoms with Crippen LogP contribution in [-0.4, -0.2) is 42.9 Å². The fourth-order valence-electron chi connectivity index (χ4n) is 4.44. The van der Waals surface area contributed by atoms with E-state index in [2.05, 4.69) is 22.6 Å². The number of nitrogens with one attached hydrogen (secondary N) is 2. The molecule has 1 saturated heterocycles. The highest BCUT2D eigenvalue weighted by molar-refractivity contribution is 6.34. The lowest BCUT2D eigenvalue weighted by Gasteiger charge is -2.30. The lowest BCUT2D eigenvalue weighted by atomic mass is 10.0. The molecule has 32 heavy (non-hydrogen) atoms. The minimum atomic E-state index is -0.152. The third-order valence-electron chi connectivity index (χ3n) is 6.02. The van der Waals surface area contributed by atoms with E-state index in [0.717, 1.165) is 42.7 Å². The molecule has 0 radical (unpaired) electrons. The zero-order valence-electron chi connectivity index (χ0n) is 17.9. The second kappa shape index (κ2) is 8.48. The number of hydrogen-bond acceptors (Lipinski definition) is 4. The van der Waals surface area contributed by atoms with Gasteiger partial charge in [-0.15, -0.1) is 0 Å². The van der Waals surface area contributed by atoms with E-state index < -0.39 is 0 Å². The molecule has 2 aliphatic rings. The van der Waals surface area contributed by atoms with E-state index in [1.165, 1.54) is 0 Å². The number of carbonyl (C=O) groups is 2. The highest BCUT2D eigenvalue weighted by Gasteiger charge is 2.25. The molecule has 0 spiro atoms. The van der Waals surface area contributed by atoms with Crippen LogP contribution in [0.3, 0.4) is 0 Å². The molecule has 5 rings (SSSR count). The Kier molecular flexibility index (Phi) is 5.37. The van der Waals surface area contributed by atoms with Gasteiger partial charge in [-0.05, 0) is 56.8 Å². The maximum absolute atomic E-state index is 13.0. The first-order chi connectivity index (χ1) is 15.6. The first-order valence-electron chi connectivity index (χ1n) is 10.9. The molecule has 0 aliphatic carbocycles.